The summed E-state index contributed by atoms with van der Waals surface area (Å²) in [5, 5.41) is 2.75. The summed E-state index contributed by atoms with van der Waals surface area (Å²) >= 11 is 0. The maximum Gasteiger partial charge on any atom is 0.258 e. The highest BCUT2D eigenvalue weighted by Crippen LogP contribution is 2.16. The first kappa shape index (κ1) is 16.8. The Kier molecular flexibility index (Phi) is 5.97. The molecule has 23 heavy (non-hydrogen) atoms. The van der Waals surface area contributed by atoms with Gasteiger partial charge in [0.05, 0.1) is 6.04 Å². The lowest BCUT2D eigenvalue weighted by molar-refractivity contribution is -0.123. The number of rotatable bonds is 7. The number of para-hydroxylation sites is 2. The average molecular weight is 317 g/mol. The molecular formula is C18H20FNO3. The van der Waals surface area contributed by atoms with Gasteiger partial charge in [0.15, 0.2) is 18.2 Å². The Morgan fingerprint density at radius 1 is 1.09 bits per heavy atom. The van der Waals surface area contributed by atoms with Crippen molar-refractivity contribution < 1.29 is 18.7 Å². The zero-order chi connectivity index (χ0) is 16.7. The van der Waals surface area contributed by atoms with E-state index in [1.165, 1.54) is 12.1 Å². The van der Waals surface area contributed by atoms with E-state index < -0.39 is 5.82 Å². The second kappa shape index (κ2) is 8.17. The van der Waals surface area contributed by atoms with Gasteiger partial charge in [-0.2, -0.15) is 0 Å². The van der Waals surface area contributed by atoms with Crippen molar-refractivity contribution in [2.24, 2.45) is 0 Å². The van der Waals surface area contributed by atoms with Crippen LogP contribution in [-0.4, -0.2) is 25.2 Å². The second-order valence-corrected chi connectivity index (χ2v) is 5.26. The van der Waals surface area contributed by atoms with Crippen LogP contribution in [0.25, 0.3) is 0 Å². The van der Waals surface area contributed by atoms with E-state index in [1.54, 1.807) is 12.1 Å². The average Bonchev–Trinajstić information content (AvgIpc) is 2.53. The monoisotopic (exact) mass is 317 g/mol. The van der Waals surface area contributed by atoms with Crippen molar-refractivity contribution in [3.63, 3.8) is 0 Å². The van der Waals surface area contributed by atoms with Crippen LogP contribution in [-0.2, 0) is 4.79 Å². The van der Waals surface area contributed by atoms with E-state index in [1.807, 2.05) is 38.1 Å². The first-order valence-corrected chi connectivity index (χ1v) is 7.41. The molecule has 0 spiro atoms. The minimum atomic E-state index is -0.490. The fraction of sp³-hybridized carbons (Fsp3) is 0.278. The van der Waals surface area contributed by atoms with Gasteiger partial charge in [-0.1, -0.05) is 30.3 Å². The summed E-state index contributed by atoms with van der Waals surface area (Å²) in [5.41, 5.74) is 1.04. The molecule has 0 aliphatic heterocycles. The van der Waals surface area contributed by atoms with Crippen molar-refractivity contribution in [2.45, 2.75) is 19.9 Å². The molecule has 0 heterocycles. The zero-order valence-corrected chi connectivity index (χ0v) is 13.2. The van der Waals surface area contributed by atoms with E-state index in [0.29, 0.717) is 6.61 Å². The van der Waals surface area contributed by atoms with Gasteiger partial charge in [-0.3, -0.25) is 4.79 Å². The van der Waals surface area contributed by atoms with Crippen LogP contribution in [0.4, 0.5) is 4.39 Å². The van der Waals surface area contributed by atoms with Crippen LogP contribution in [0.3, 0.4) is 0 Å². The van der Waals surface area contributed by atoms with Crippen molar-refractivity contribution in [3.8, 4) is 11.5 Å². The van der Waals surface area contributed by atoms with Crippen LogP contribution >= 0.6 is 0 Å². The van der Waals surface area contributed by atoms with Gasteiger partial charge >= 0.3 is 0 Å². The fourth-order valence-corrected chi connectivity index (χ4v) is 2.00. The molecule has 2 aromatic rings. The van der Waals surface area contributed by atoms with Crippen LogP contribution in [0.15, 0.2) is 48.5 Å². The third kappa shape index (κ3) is 5.29. The molecule has 0 aliphatic rings. The molecule has 0 fully saturated rings. The molecule has 122 valence electrons. The van der Waals surface area contributed by atoms with Gasteiger partial charge in [-0.25, -0.2) is 4.39 Å². The Bertz CT molecular complexity index is 660. The highest BCUT2D eigenvalue weighted by Gasteiger charge is 2.10. The van der Waals surface area contributed by atoms with Gasteiger partial charge < -0.3 is 14.8 Å². The smallest absolute Gasteiger partial charge is 0.258 e. The number of hydrogen-bond donors (Lipinski definition) is 1. The Hall–Kier alpha value is -2.56. The predicted molar refractivity (Wildman–Crippen MR) is 86.2 cm³/mol. The van der Waals surface area contributed by atoms with Gasteiger partial charge in [0.25, 0.3) is 5.91 Å². The normalized spacial score (nSPS) is 11.6. The molecule has 2 rings (SSSR count). The number of carbonyl (C=O) groups excluding carboxylic acids is 1. The molecule has 2 aromatic carbocycles. The summed E-state index contributed by atoms with van der Waals surface area (Å²) in [5.74, 6) is 0.0352. The first-order valence-electron chi connectivity index (χ1n) is 7.41. The Balaban J connectivity index is 1.74. The fourth-order valence-electron chi connectivity index (χ4n) is 2.00. The minimum Gasteiger partial charge on any atom is -0.491 e. The topological polar surface area (TPSA) is 47.6 Å². The molecule has 5 heteroatoms. The van der Waals surface area contributed by atoms with Crippen molar-refractivity contribution in [2.75, 3.05) is 13.2 Å². The second-order valence-electron chi connectivity index (χ2n) is 5.26. The van der Waals surface area contributed by atoms with E-state index in [4.69, 9.17) is 9.47 Å². The lowest BCUT2D eigenvalue weighted by Crippen LogP contribution is -2.39. The van der Waals surface area contributed by atoms with Crippen LogP contribution in [0.5, 0.6) is 11.5 Å². The highest BCUT2D eigenvalue weighted by atomic mass is 19.1. The number of ether oxygens (including phenoxy) is 2. The standard InChI is InChI=1S/C18H20FNO3/c1-13-7-3-5-9-16(13)22-11-14(2)20-18(21)12-23-17-10-6-4-8-15(17)19/h3-10,14H,11-12H2,1-2H3,(H,20,21)/t14-/m0/s1. The Labute approximate surface area is 135 Å². The Morgan fingerprint density at radius 2 is 1.74 bits per heavy atom. The maximum atomic E-state index is 13.4. The molecule has 0 saturated heterocycles. The molecule has 4 nitrogen and oxygen atoms in total. The van der Waals surface area contributed by atoms with Crippen molar-refractivity contribution >= 4 is 5.91 Å². The lowest BCUT2D eigenvalue weighted by Gasteiger charge is -2.16. The largest absolute Gasteiger partial charge is 0.491 e. The third-order valence-electron chi connectivity index (χ3n) is 3.19. The van der Waals surface area contributed by atoms with Crippen LogP contribution in [0.1, 0.15) is 12.5 Å². The number of carbonyl (C=O) groups is 1. The molecular weight excluding hydrogens is 297 g/mol. The summed E-state index contributed by atoms with van der Waals surface area (Å²) in [7, 11) is 0. The molecule has 0 radical (unpaired) electrons. The number of halogens is 1. The molecule has 0 unspecified atom stereocenters. The quantitative estimate of drug-likeness (QED) is 0.853. The number of hydrogen-bond acceptors (Lipinski definition) is 3. The van der Waals surface area contributed by atoms with Gasteiger partial charge in [0.1, 0.15) is 12.4 Å². The lowest BCUT2D eigenvalue weighted by atomic mass is 10.2. The van der Waals surface area contributed by atoms with Crippen molar-refractivity contribution in [1.29, 1.82) is 0 Å². The van der Waals surface area contributed by atoms with Gasteiger partial charge in [0, 0.05) is 0 Å². The summed E-state index contributed by atoms with van der Waals surface area (Å²) in [4.78, 5) is 11.8. The van der Waals surface area contributed by atoms with E-state index in [0.717, 1.165) is 11.3 Å². The summed E-state index contributed by atoms with van der Waals surface area (Å²) < 4.78 is 24.2. The SMILES string of the molecule is Cc1ccccc1OC[C@H](C)NC(=O)COc1ccccc1F. The van der Waals surface area contributed by atoms with E-state index in [9.17, 15) is 9.18 Å². The molecule has 0 bridgehead atoms. The number of aryl methyl sites for hydroxylation is 1. The van der Waals surface area contributed by atoms with Crippen LogP contribution < -0.4 is 14.8 Å². The summed E-state index contributed by atoms with van der Waals surface area (Å²) in [6.45, 7) is 3.89. The van der Waals surface area contributed by atoms with Gasteiger partial charge in [-0.15, -0.1) is 0 Å². The molecule has 1 atom stereocenters. The van der Waals surface area contributed by atoms with Crippen LogP contribution in [0.2, 0.25) is 0 Å². The number of nitrogens with one attached hydrogen (secondary N) is 1. The van der Waals surface area contributed by atoms with Crippen LogP contribution in [0, 0.1) is 12.7 Å². The molecule has 0 saturated carbocycles. The maximum absolute atomic E-state index is 13.4. The van der Waals surface area contributed by atoms with E-state index >= 15 is 0 Å². The number of amides is 1. The summed E-state index contributed by atoms with van der Waals surface area (Å²) in [6, 6.07) is 13.5. The number of benzene rings is 2. The van der Waals surface area contributed by atoms with E-state index in [2.05, 4.69) is 5.32 Å². The van der Waals surface area contributed by atoms with Gasteiger partial charge in [0.2, 0.25) is 0 Å². The summed E-state index contributed by atoms with van der Waals surface area (Å²) in [6.07, 6.45) is 0. The molecule has 1 N–H and O–H groups in total. The van der Waals surface area contributed by atoms with Crippen molar-refractivity contribution in [3.05, 3.63) is 59.9 Å². The molecule has 0 aromatic heterocycles. The first-order chi connectivity index (χ1) is 11.1. The molecule has 0 aliphatic carbocycles. The predicted octanol–water partition coefficient (Wildman–Crippen LogP) is 3.10. The minimum absolute atomic E-state index is 0.0615. The third-order valence-corrected chi connectivity index (χ3v) is 3.19. The van der Waals surface area contributed by atoms with Gasteiger partial charge in [-0.05, 0) is 37.6 Å². The zero-order valence-electron chi connectivity index (χ0n) is 13.2. The Morgan fingerprint density at radius 3 is 2.43 bits per heavy atom. The highest BCUT2D eigenvalue weighted by molar-refractivity contribution is 5.77. The van der Waals surface area contributed by atoms with Crippen molar-refractivity contribution in [1.82, 2.24) is 5.32 Å². The molecule has 1 amide bonds. The van der Waals surface area contributed by atoms with E-state index in [-0.39, 0.29) is 24.3 Å².